The van der Waals surface area contributed by atoms with Crippen LogP contribution in [0.5, 0.6) is 11.5 Å². The molecule has 2 rings (SSSR count). The molecule has 0 saturated carbocycles. The van der Waals surface area contributed by atoms with Gasteiger partial charge < -0.3 is 14.2 Å². The van der Waals surface area contributed by atoms with Gasteiger partial charge in [0.1, 0.15) is 6.54 Å². The number of carbonyl (C=O) groups is 3. The van der Waals surface area contributed by atoms with Crippen molar-refractivity contribution in [2.45, 2.75) is 53.1 Å². The molecule has 1 heterocycles. The number of ether oxygens (including phenoxy) is 3. The van der Waals surface area contributed by atoms with Crippen molar-refractivity contribution in [1.82, 2.24) is 4.90 Å². The van der Waals surface area contributed by atoms with Gasteiger partial charge in [-0.1, -0.05) is 26.3 Å². The Bertz CT molecular complexity index is 807. The van der Waals surface area contributed by atoms with Crippen LogP contribution in [-0.4, -0.2) is 47.9 Å². The molecule has 0 aromatic heterocycles. The van der Waals surface area contributed by atoms with E-state index in [1.54, 1.807) is 31.2 Å². The van der Waals surface area contributed by atoms with E-state index in [1.165, 1.54) is 0 Å². The summed E-state index contributed by atoms with van der Waals surface area (Å²) in [6, 6.07) is 5.37. The van der Waals surface area contributed by atoms with Crippen LogP contribution in [0.2, 0.25) is 0 Å². The van der Waals surface area contributed by atoms with Crippen molar-refractivity contribution in [2.75, 3.05) is 19.8 Å². The van der Waals surface area contributed by atoms with Crippen LogP contribution in [0.4, 0.5) is 4.79 Å². The summed E-state index contributed by atoms with van der Waals surface area (Å²) in [6.45, 7) is 8.30. The molecule has 1 atom stereocenters. The highest BCUT2D eigenvalue weighted by Crippen LogP contribution is 2.34. The molecule has 1 aliphatic heterocycles. The maximum atomic E-state index is 12.6. The number of rotatable bonds is 11. The average Bonchev–Trinajstić information content (AvgIpc) is 2.97. The number of thioether (sulfide) groups is 1. The standard InChI is InChI=1S/C22H29NO6S/c1-5-8-11-28-17-10-9-16(12-18(17)27-7-3)13-19-21(25)23(22(26)30-19)14-20(24)29-15(4)6-2/h9-10,12-13,15H,5-8,11,14H2,1-4H3/b19-13-/t15-/m0/s1. The monoisotopic (exact) mass is 435 g/mol. The molecule has 30 heavy (non-hydrogen) atoms. The Morgan fingerprint density at radius 2 is 1.93 bits per heavy atom. The van der Waals surface area contributed by atoms with Gasteiger partial charge in [-0.2, -0.15) is 0 Å². The fourth-order valence-corrected chi connectivity index (χ4v) is 3.43. The Labute approximate surface area is 181 Å². The minimum absolute atomic E-state index is 0.249. The van der Waals surface area contributed by atoms with E-state index < -0.39 is 17.1 Å². The number of carbonyl (C=O) groups excluding carboxylic acids is 3. The first kappa shape index (κ1) is 23.8. The summed E-state index contributed by atoms with van der Waals surface area (Å²) in [5, 5.41) is -0.489. The maximum absolute atomic E-state index is 12.6. The zero-order chi connectivity index (χ0) is 22.1. The second-order valence-electron chi connectivity index (χ2n) is 6.82. The molecule has 1 aromatic rings. The van der Waals surface area contributed by atoms with Gasteiger partial charge in [0.25, 0.3) is 11.1 Å². The summed E-state index contributed by atoms with van der Waals surface area (Å²) < 4.78 is 16.6. The summed E-state index contributed by atoms with van der Waals surface area (Å²) in [4.78, 5) is 38.0. The minimum Gasteiger partial charge on any atom is -0.490 e. The minimum atomic E-state index is -0.597. The molecule has 0 spiro atoms. The highest BCUT2D eigenvalue weighted by molar-refractivity contribution is 8.18. The largest absolute Gasteiger partial charge is 0.490 e. The van der Waals surface area contributed by atoms with Crippen LogP contribution in [0.1, 0.15) is 52.5 Å². The number of benzene rings is 1. The van der Waals surface area contributed by atoms with Crippen LogP contribution in [0.15, 0.2) is 23.1 Å². The fraction of sp³-hybridized carbons (Fsp3) is 0.500. The average molecular weight is 436 g/mol. The van der Waals surface area contributed by atoms with E-state index in [-0.39, 0.29) is 17.6 Å². The molecule has 2 amide bonds. The van der Waals surface area contributed by atoms with Crippen LogP contribution in [-0.2, 0) is 14.3 Å². The van der Waals surface area contributed by atoms with Crippen LogP contribution < -0.4 is 9.47 Å². The van der Waals surface area contributed by atoms with E-state index in [2.05, 4.69) is 6.92 Å². The second kappa shape index (κ2) is 11.6. The Morgan fingerprint density at radius 3 is 2.60 bits per heavy atom. The Kier molecular flexibility index (Phi) is 9.23. The summed E-state index contributed by atoms with van der Waals surface area (Å²) in [5.74, 6) is 0.120. The van der Waals surface area contributed by atoms with Crippen LogP contribution in [0.3, 0.4) is 0 Å². The number of unbranched alkanes of at least 4 members (excludes halogenated alkanes) is 1. The van der Waals surface area contributed by atoms with E-state index in [0.29, 0.717) is 36.7 Å². The third-order valence-electron chi connectivity index (χ3n) is 4.39. The highest BCUT2D eigenvalue weighted by atomic mass is 32.2. The lowest BCUT2D eigenvalue weighted by Gasteiger charge is -2.15. The molecule has 1 saturated heterocycles. The molecule has 7 nitrogen and oxygen atoms in total. The van der Waals surface area contributed by atoms with Crippen LogP contribution >= 0.6 is 11.8 Å². The molecule has 0 aliphatic carbocycles. The van der Waals surface area contributed by atoms with Gasteiger partial charge in [0.2, 0.25) is 0 Å². The first-order chi connectivity index (χ1) is 14.4. The predicted molar refractivity (Wildman–Crippen MR) is 117 cm³/mol. The molecule has 1 fully saturated rings. The van der Waals surface area contributed by atoms with Crippen molar-refractivity contribution in [2.24, 2.45) is 0 Å². The topological polar surface area (TPSA) is 82.1 Å². The molecule has 0 bridgehead atoms. The van der Waals surface area contributed by atoms with Crippen molar-refractivity contribution in [3.8, 4) is 11.5 Å². The quantitative estimate of drug-likeness (QED) is 0.284. The SMILES string of the molecule is CCCCOc1ccc(/C=C2\SC(=O)N(CC(=O)O[C@@H](C)CC)C2=O)cc1OCC. The maximum Gasteiger partial charge on any atom is 0.326 e. The molecule has 164 valence electrons. The molecule has 0 radical (unpaired) electrons. The van der Waals surface area contributed by atoms with E-state index in [1.807, 2.05) is 13.8 Å². The van der Waals surface area contributed by atoms with Crippen molar-refractivity contribution < 1.29 is 28.6 Å². The third kappa shape index (κ3) is 6.52. The number of hydrogen-bond acceptors (Lipinski definition) is 7. The first-order valence-corrected chi connectivity index (χ1v) is 11.1. The lowest BCUT2D eigenvalue weighted by Crippen LogP contribution is -2.35. The van der Waals surface area contributed by atoms with Crippen LogP contribution in [0.25, 0.3) is 6.08 Å². The van der Waals surface area contributed by atoms with Crippen molar-refractivity contribution in [3.05, 3.63) is 28.7 Å². The Morgan fingerprint density at radius 1 is 1.17 bits per heavy atom. The molecule has 0 N–H and O–H groups in total. The van der Waals surface area contributed by atoms with Gasteiger partial charge in [0.15, 0.2) is 11.5 Å². The highest BCUT2D eigenvalue weighted by Gasteiger charge is 2.36. The van der Waals surface area contributed by atoms with Gasteiger partial charge in [0.05, 0.1) is 24.2 Å². The molecule has 0 unspecified atom stereocenters. The summed E-state index contributed by atoms with van der Waals surface area (Å²) in [6.07, 6.45) is 3.99. The second-order valence-corrected chi connectivity index (χ2v) is 7.81. The molecule has 1 aromatic carbocycles. The summed E-state index contributed by atoms with van der Waals surface area (Å²) in [5.41, 5.74) is 0.703. The van der Waals surface area contributed by atoms with Gasteiger partial charge in [0, 0.05) is 0 Å². The van der Waals surface area contributed by atoms with Gasteiger partial charge in [-0.15, -0.1) is 0 Å². The Hall–Kier alpha value is -2.48. The molecule has 1 aliphatic rings. The molecular formula is C22H29NO6S. The normalized spacial score (nSPS) is 16.1. The number of esters is 1. The van der Waals surface area contributed by atoms with E-state index in [4.69, 9.17) is 14.2 Å². The van der Waals surface area contributed by atoms with E-state index >= 15 is 0 Å². The zero-order valence-corrected chi connectivity index (χ0v) is 18.8. The van der Waals surface area contributed by atoms with Crippen molar-refractivity contribution >= 4 is 35.0 Å². The fourth-order valence-electron chi connectivity index (χ4n) is 2.59. The molecular weight excluding hydrogens is 406 g/mol. The third-order valence-corrected chi connectivity index (χ3v) is 5.30. The van der Waals surface area contributed by atoms with E-state index in [0.717, 1.165) is 29.5 Å². The number of imide groups is 1. The van der Waals surface area contributed by atoms with Crippen molar-refractivity contribution in [1.29, 1.82) is 0 Å². The van der Waals surface area contributed by atoms with E-state index in [9.17, 15) is 14.4 Å². The zero-order valence-electron chi connectivity index (χ0n) is 17.9. The van der Waals surface area contributed by atoms with Gasteiger partial charge in [-0.3, -0.25) is 19.3 Å². The van der Waals surface area contributed by atoms with Crippen LogP contribution in [0, 0.1) is 0 Å². The lowest BCUT2D eigenvalue weighted by molar-refractivity contribution is -0.150. The molecule has 8 heteroatoms. The van der Waals surface area contributed by atoms with Crippen molar-refractivity contribution in [3.63, 3.8) is 0 Å². The Balaban J connectivity index is 2.14. The number of amides is 2. The lowest BCUT2D eigenvalue weighted by atomic mass is 10.2. The van der Waals surface area contributed by atoms with Gasteiger partial charge >= 0.3 is 5.97 Å². The number of hydrogen-bond donors (Lipinski definition) is 0. The summed E-state index contributed by atoms with van der Waals surface area (Å²) in [7, 11) is 0. The van der Waals surface area contributed by atoms with Gasteiger partial charge in [-0.05, 0) is 62.2 Å². The first-order valence-electron chi connectivity index (χ1n) is 10.2. The van der Waals surface area contributed by atoms with Gasteiger partial charge in [-0.25, -0.2) is 0 Å². The predicted octanol–water partition coefficient (Wildman–Crippen LogP) is 4.64. The summed E-state index contributed by atoms with van der Waals surface area (Å²) >= 11 is 0.802. The smallest absolute Gasteiger partial charge is 0.326 e. The number of nitrogens with zero attached hydrogens (tertiary/aromatic N) is 1.